The Hall–Kier alpha value is -3.17. The van der Waals surface area contributed by atoms with Crippen molar-refractivity contribution in [3.8, 4) is 11.3 Å². The molecule has 1 amide bonds. The summed E-state index contributed by atoms with van der Waals surface area (Å²) in [7, 11) is -0.425. The van der Waals surface area contributed by atoms with E-state index in [2.05, 4.69) is 5.32 Å². The van der Waals surface area contributed by atoms with Gasteiger partial charge in [-0.25, -0.2) is 17.9 Å². The summed E-state index contributed by atoms with van der Waals surface area (Å²) in [4.78, 5) is 14.2. The van der Waals surface area contributed by atoms with Crippen LogP contribution < -0.4 is 15.4 Å². The Kier molecular flexibility index (Phi) is 5.21. The summed E-state index contributed by atoms with van der Waals surface area (Å²) in [6, 6.07) is 12.9. The molecule has 3 aromatic rings. The Morgan fingerprint density at radius 1 is 1.07 bits per heavy atom. The number of carbonyl (C=O) groups excluding carboxylic acids is 1. The highest BCUT2D eigenvalue weighted by Gasteiger charge is 2.17. The number of rotatable bonds is 5. The number of nitrogens with one attached hydrogen (secondary N) is 1. The first-order chi connectivity index (χ1) is 13.1. The second-order valence-corrected chi connectivity index (χ2v) is 7.80. The zero-order chi connectivity index (χ0) is 20.5. The molecule has 0 bridgehead atoms. The van der Waals surface area contributed by atoms with Crippen molar-refractivity contribution >= 4 is 27.3 Å². The van der Waals surface area contributed by atoms with Crippen molar-refractivity contribution in [1.29, 1.82) is 0 Å². The number of furan rings is 1. The Bertz CT molecular complexity index is 1120. The van der Waals surface area contributed by atoms with E-state index in [0.29, 0.717) is 17.0 Å². The molecule has 0 aliphatic rings. The van der Waals surface area contributed by atoms with Gasteiger partial charge in [0.2, 0.25) is 10.0 Å². The zero-order valence-corrected chi connectivity index (χ0v) is 16.0. The highest BCUT2D eigenvalue weighted by atomic mass is 32.2. The predicted molar refractivity (Wildman–Crippen MR) is 104 cm³/mol. The van der Waals surface area contributed by atoms with Crippen LogP contribution in [0.3, 0.4) is 0 Å². The standard InChI is InChI=1S/C19H18FN3O4S/c1-23(2)16-8-7-14(28(21,25)26)11-15(16)22-19(24)18-10-9-17(27-18)12-3-5-13(20)6-4-12/h3-11H,1-2H3,(H,22,24)(H2,21,25,26). The van der Waals surface area contributed by atoms with Crippen LogP contribution in [-0.2, 0) is 10.0 Å². The van der Waals surface area contributed by atoms with Crippen LogP contribution in [0.4, 0.5) is 15.8 Å². The van der Waals surface area contributed by atoms with Gasteiger partial charge in [-0.05, 0) is 54.6 Å². The highest BCUT2D eigenvalue weighted by Crippen LogP contribution is 2.29. The molecule has 1 aromatic heterocycles. The molecule has 2 aromatic carbocycles. The minimum atomic E-state index is -3.93. The monoisotopic (exact) mass is 403 g/mol. The molecule has 0 atom stereocenters. The summed E-state index contributed by atoms with van der Waals surface area (Å²) in [6.45, 7) is 0. The lowest BCUT2D eigenvalue weighted by atomic mass is 10.2. The Morgan fingerprint density at radius 3 is 2.36 bits per heavy atom. The highest BCUT2D eigenvalue weighted by molar-refractivity contribution is 7.89. The van der Waals surface area contributed by atoms with Gasteiger partial charge in [-0.15, -0.1) is 0 Å². The number of anilines is 2. The first-order valence-corrected chi connectivity index (χ1v) is 9.71. The second kappa shape index (κ2) is 7.45. The molecule has 0 unspecified atom stereocenters. The van der Waals surface area contributed by atoms with Gasteiger partial charge in [-0.1, -0.05) is 0 Å². The van der Waals surface area contributed by atoms with E-state index >= 15 is 0 Å². The van der Waals surface area contributed by atoms with Gasteiger partial charge in [0.05, 0.1) is 16.3 Å². The maximum absolute atomic E-state index is 13.0. The fourth-order valence-corrected chi connectivity index (χ4v) is 3.14. The predicted octanol–water partition coefficient (Wildman–Crippen LogP) is 3.05. The summed E-state index contributed by atoms with van der Waals surface area (Å²) in [5, 5.41) is 7.81. The van der Waals surface area contributed by atoms with Crippen LogP contribution in [0.1, 0.15) is 10.6 Å². The molecular weight excluding hydrogens is 385 g/mol. The van der Waals surface area contributed by atoms with Gasteiger partial charge in [-0.3, -0.25) is 4.79 Å². The van der Waals surface area contributed by atoms with Gasteiger partial charge in [0, 0.05) is 19.7 Å². The third kappa shape index (κ3) is 4.21. The van der Waals surface area contributed by atoms with Crippen LogP contribution >= 0.6 is 0 Å². The van der Waals surface area contributed by atoms with Gasteiger partial charge in [0.25, 0.3) is 5.91 Å². The average molecular weight is 403 g/mol. The number of primary sulfonamides is 1. The first kappa shape index (κ1) is 19.6. The molecule has 3 N–H and O–H groups in total. The van der Waals surface area contributed by atoms with E-state index in [4.69, 9.17) is 9.56 Å². The number of hydrogen-bond donors (Lipinski definition) is 2. The topological polar surface area (TPSA) is 106 Å². The summed E-state index contributed by atoms with van der Waals surface area (Å²) in [5.41, 5.74) is 1.47. The molecule has 28 heavy (non-hydrogen) atoms. The summed E-state index contributed by atoms with van der Waals surface area (Å²) in [6.07, 6.45) is 0. The number of carbonyl (C=O) groups is 1. The fourth-order valence-electron chi connectivity index (χ4n) is 2.60. The fraction of sp³-hybridized carbons (Fsp3) is 0.105. The zero-order valence-electron chi connectivity index (χ0n) is 15.1. The van der Waals surface area contributed by atoms with Crippen molar-refractivity contribution in [2.75, 3.05) is 24.3 Å². The number of halogens is 1. The van der Waals surface area contributed by atoms with Crippen LogP contribution in [0.25, 0.3) is 11.3 Å². The molecule has 0 saturated heterocycles. The van der Waals surface area contributed by atoms with Crippen LogP contribution in [0.2, 0.25) is 0 Å². The number of amides is 1. The third-order valence-corrected chi connectivity index (χ3v) is 4.90. The first-order valence-electron chi connectivity index (χ1n) is 8.16. The summed E-state index contributed by atoms with van der Waals surface area (Å²) >= 11 is 0. The summed E-state index contributed by atoms with van der Waals surface area (Å²) < 4.78 is 41.8. The van der Waals surface area contributed by atoms with E-state index in [1.54, 1.807) is 31.1 Å². The Balaban J connectivity index is 1.89. The largest absolute Gasteiger partial charge is 0.451 e. The molecule has 146 valence electrons. The maximum Gasteiger partial charge on any atom is 0.291 e. The van der Waals surface area contributed by atoms with Crippen LogP contribution in [0, 0.1) is 5.82 Å². The lowest BCUT2D eigenvalue weighted by Crippen LogP contribution is -2.18. The van der Waals surface area contributed by atoms with E-state index in [1.807, 2.05) is 0 Å². The molecule has 9 heteroatoms. The van der Waals surface area contributed by atoms with Gasteiger partial charge in [0.15, 0.2) is 5.76 Å². The van der Waals surface area contributed by atoms with Crippen LogP contribution in [-0.4, -0.2) is 28.4 Å². The van der Waals surface area contributed by atoms with Crippen molar-refractivity contribution < 1.29 is 22.0 Å². The van der Waals surface area contributed by atoms with Crippen molar-refractivity contribution in [2.24, 2.45) is 5.14 Å². The van der Waals surface area contributed by atoms with Gasteiger partial charge < -0.3 is 14.6 Å². The maximum atomic E-state index is 13.0. The van der Waals surface area contributed by atoms with Crippen LogP contribution in [0.5, 0.6) is 0 Å². The molecule has 1 heterocycles. The van der Waals surface area contributed by atoms with E-state index in [1.165, 1.54) is 42.5 Å². The molecule has 0 aliphatic carbocycles. The van der Waals surface area contributed by atoms with Gasteiger partial charge in [-0.2, -0.15) is 0 Å². The lowest BCUT2D eigenvalue weighted by molar-refractivity contribution is 0.0997. The minimum absolute atomic E-state index is 0.0186. The number of sulfonamides is 1. The van der Waals surface area contributed by atoms with Crippen molar-refractivity contribution in [3.63, 3.8) is 0 Å². The van der Waals surface area contributed by atoms with Crippen molar-refractivity contribution in [3.05, 3.63) is 66.2 Å². The molecule has 0 saturated carbocycles. The van der Waals surface area contributed by atoms with E-state index in [0.717, 1.165) is 0 Å². The van der Waals surface area contributed by atoms with Crippen LogP contribution in [0.15, 0.2) is 63.9 Å². The summed E-state index contributed by atoms with van der Waals surface area (Å²) in [5.74, 6) is -0.524. The van der Waals surface area contributed by atoms with Gasteiger partial charge >= 0.3 is 0 Å². The quantitative estimate of drug-likeness (QED) is 0.681. The molecule has 3 rings (SSSR count). The molecule has 0 radical (unpaired) electrons. The third-order valence-electron chi connectivity index (χ3n) is 3.99. The number of nitrogens with two attached hydrogens (primary N) is 1. The molecule has 0 fully saturated rings. The second-order valence-electron chi connectivity index (χ2n) is 6.24. The Labute approximate surface area is 161 Å². The van der Waals surface area contributed by atoms with E-state index in [9.17, 15) is 17.6 Å². The molecule has 0 spiro atoms. The van der Waals surface area contributed by atoms with Gasteiger partial charge in [0.1, 0.15) is 11.6 Å². The van der Waals surface area contributed by atoms with Crippen molar-refractivity contribution in [1.82, 2.24) is 0 Å². The molecule has 7 nitrogen and oxygen atoms in total. The van der Waals surface area contributed by atoms with E-state index < -0.39 is 15.9 Å². The average Bonchev–Trinajstić information content (AvgIpc) is 3.11. The Morgan fingerprint density at radius 2 is 1.75 bits per heavy atom. The lowest BCUT2D eigenvalue weighted by Gasteiger charge is -2.18. The number of nitrogens with zero attached hydrogens (tertiary/aromatic N) is 1. The SMILES string of the molecule is CN(C)c1ccc(S(N)(=O)=O)cc1NC(=O)c1ccc(-c2ccc(F)cc2)o1. The van der Waals surface area contributed by atoms with Crippen molar-refractivity contribution in [2.45, 2.75) is 4.90 Å². The number of hydrogen-bond acceptors (Lipinski definition) is 5. The smallest absolute Gasteiger partial charge is 0.291 e. The van der Waals surface area contributed by atoms with E-state index in [-0.39, 0.29) is 22.2 Å². The molecular formula is C19H18FN3O4S. The number of benzene rings is 2. The molecule has 0 aliphatic heterocycles. The normalized spacial score (nSPS) is 11.3. The minimum Gasteiger partial charge on any atom is -0.451 e.